The summed E-state index contributed by atoms with van der Waals surface area (Å²) in [5.74, 6) is -2.13. The van der Waals surface area contributed by atoms with Crippen LogP contribution in [0.3, 0.4) is 0 Å². The summed E-state index contributed by atoms with van der Waals surface area (Å²) in [5, 5.41) is 20.1. The van der Waals surface area contributed by atoms with E-state index in [0.29, 0.717) is 32.3 Å². The summed E-state index contributed by atoms with van der Waals surface area (Å²) < 4.78 is 74.9. The van der Waals surface area contributed by atoms with Crippen molar-refractivity contribution in [1.29, 1.82) is 0 Å². The Bertz CT molecular complexity index is 1760. The van der Waals surface area contributed by atoms with Gasteiger partial charge in [-0.3, -0.25) is 9.59 Å². The molecule has 23 heteroatoms. The minimum Gasteiger partial charge on any atom is -0.467 e. The first-order valence-electron chi connectivity index (χ1n) is 23.5. The van der Waals surface area contributed by atoms with Gasteiger partial charge in [0.1, 0.15) is 73.5 Å². The number of hydrogen-bond donors (Lipinski definition) is 1. The molecule has 68 heavy (non-hydrogen) atoms. The van der Waals surface area contributed by atoms with E-state index in [1.165, 1.54) is 25.6 Å². The van der Waals surface area contributed by atoms with Gasteiger partial charge in [0.15, 0.2) is 18.7 Å². The maximum absolute atomic E-state index is 14.1. The van der Waals surface area contributed by atoms with Gasteiger partial charge in [-0.25, -0.2) is 4.79 Å². The molecule has 7 unspecified atom stereocenters. The molecular formula is C45H70N6O16S. The third-order valence-corrected chi connectivity index (χ3v) is 12.4. The summed E-state index contributed by atoms with van der Waals surface area (Å²) >= 11 is 1.19. The molecule has 1 aromatic carbocycles. The van der Waals surface area contributed by atoms with Crippen LogP contribution < -0.4 is 0 Å². The predicted molar refractivity (Wildman–Crippen MR) is 244 cm³/mol. The summed E-state index contributed by atoms with van der Waals surface area (Å²) in [7, 11) is 1.16. The lowest BCUT2D eigenvalue weighted by Crippen LogP contribution is -2.68. The lowest BCUT2D eigenvalue weighted by molar-refractivity contribution is -0.364. The van der Waals surface area contributed by atoms with E-state index in [4.69, 9.17) is 56.8 Å². The molecule has 3 fully saturated rings. The van der Waals surface area contributed by atoms with Crippen molar-refractivity contribution in [2.45, 2.75) is 189 Å². The molecular weight excluding hydrogens is 913 g/mol. The van der Waals surface area contributed by atoms with Crippen molar-refractivity contribution in [2.24, 2.45) is 10.2 Å². The standard InChI is InChI=1S/C45H70N6O16S/c1-8-12-21-57-36-31(26-62-28(6)53)63-43(33(49-51-47)37(36)58-22-13-9-2)66-39-38(59-23-14-10-3)41(60-24-15-11-4)44(67-40(39)42(55)56-7)65-35-30(25-61-27(5)52)64-45(32(34(35)54)48-50-46)68-29-19-17-16-18-20-29/h16-20,30-41,43-45,54H,8-15,21-26H2,1-7H3/t30?,31?,32-,33?,34?,35+,36+,37+,38?,39-,40?,41-,43+,44+,45?/m0/s1. The minimum absolute atomic E-state index is 0.146. The zero-order chi connectivity index (χ0) is 49.4. The number of aliphatic hydroxyl groups excluding tert-OH is 1. The Balaban J connectivity index is 1.83. The van der Waals surface area contributed by atoms with E-state index >= 15 is 0 Å². The fourth-order valence-corrected chi connectivity index (χ4v) is 8.87. The molecule has 0 amide bonds. The molecule has 1 N–H and O–H groups in total. The number of unbranched alkanes of at least 4 members (excludes halogenated alkanes) is 4. The van der Waals surface area contributed by atoms with E-state index in [2.05, 4.69) is 20.1 Å². The largest absolute Gasteiger partial charge is 0.467 e. The summed E-state index contributed by atoms with van der Waals surface area (Å²) in [6.45, 7) is 10.6. The summed E-state index contributed by atoms with van der Waals surface area (Å²) in [4.78, 5) is 45.3. The molecule has 0 aliphatic carbocycles. The van der Waals surface area contributed by atoms with Crippen molar-refractivity contribution in [1.82, 2.24) is 0 Å². The van der Waals surface area contributed by atoms with Crippen molar-refractivity contribution in [2.75, 3.05) is 46.8 Å². The van der Waals surface area contributed by atoms with Gasteiger partial charge in [0.05, 0.1) is 19.3 Å². The first-order valence-corrected chi connectivity index (χ1v) is 24.4. The number of azide groups is 2. The second-order valence-corrected chi connectivity index (χ2v) is 17.6. The Morgan fingerprint density at radius 1 is 0.647 bits per heavy atom. The smallest absolute Gasteiger partial charge is 0.337 e. The molecule has 0 saturated carbocycles. The number of esters is 3. The highest BCUT2D eigenvalue weighted by Crippen LogP contribution is 2.40. The van der Waals surface area contributed by atoms with Crippen molar-refractivity contribution < 1.29 is 76.3 Å². The van der Waals surface area contributed by atoms with Gasteiger partial charge >= 0.3 is 17.9 Å². The van der Waals surface area contributed by atoms with Crippen LogP contribution in [0, 0.1) is 0 Å². The average Bonchev–Trinajstić information content (AvgIpc) is 3.32. The monoisotopic (exact) mass is 982 g/mol. The van der Waals surface area contributed by atoms with Crippen molar-refractivity contribution in [3.05, 3.63) is 51.2 Å². The molecule has 3 aliphatic heterocycles. The van der Waals surface area contributed by atoms with Gasteiger partial charge < -0.3 is 61.9 Å². The van der Waals surface area contributed by atoms with Gasteiger partial charge in [-0.05, 0) is 48.9 Å². The number of hydrogen-bond acceptors (Lipinski definition) is 19. The number of ether oxygens (including phenoxy) is 12. The Hall–Kier alpha value is -3.80. The maximum atomic E-state index is 14.1. The molecule has 0 aromatic heterocycles. The van der Waals surface area contributed by atoms with Crippen molar-refractivity contribution in [3.8, 4) is 0 Å². The van der Waals surface area contributed by atoms with E-state index in [1.54, 1.807) is 0 Å². The highest BCUT2D eigenvalue weighted by molar-refractivity contribution is 7.99. The highest BCUT2D eigenvalue weighted by Gasteiger charge is 2.58. The molecule has 22 nitrogen and oxygen atoms in total. The Morgan fingerprint density at radius 2 is 1.15 bits per heavy atom. The van der Waals surface area contributed by atoms with E-state index < -0.39 is 109 Å². The van der Waals surface area contributed by atoms with Gasteiger partial charge in [0.25, 0.3) is 0 Å². The quantitative estimate of drug-likeness (QED) is 0.0224. The molecule has 1 aromatic rings. The van der Waals surface area contributed by atoms with Crippen LogP contribution in [-0.2, 0) is 71.2 Å². The van der Waals surface area contributed by atoms with Crippen LogP contribution in [0.25, 0.3) is 20.9 Å². The fourth-order valence-electron chi connectivity index (χ4n) is 7.74. The Morgan fingerprint density at radius 3 is 1.68 bits per heavy atom. The maximum Gasteiger partial charge on any atom is 0.337 e. The van der Waals surface area contributed by atoms with Crippen molar-refractivity contribution >= 4 is 29.7 Å². The molecule has 0 spiro atoms. The number of methoxy groups -OCH3 is 1. The number of aliphatic hydroxyl groups is 1. The number of rotatable bonds is 29. The summed E-state index contributed by atoms with van der Waals surface area (Å²) in [6.07, 6.45) is -10.0. The molecule has 4 rings (SSSR count). The van der Waals surface area contributed by atoms with Crippen LogP contribution in [0.1, 0.15) is 92.9 Å². The average molecular weight is 983 g/mol. The number of thioether (sulfide) groups is 1. The van der Waals surface area contributed by atoms with Gasteiger partial charge in [-0.15, -0.1) is 0 Å². The second-order valence-electron chi connectivity index (χ2n) is 16.4. The SMILES string of the molecule is CCCCOC1[C@H](O[C@H]2OC(COC(C)=O)[C@@H](OCCCC)[C@H](OCCCC)C2N=[N+]=[N-])C(C(=O)OC)O[C@@H](O[C@@H]2C(COC(C)=O)OC(Sc3ccccc3)[C@@H](N=[N+]=[N-])C2O)[C@H]1OCCCC. The lowest BCUT2D eigenvalue weighted by atomic mass is 9.94. The van der Waals surface area contributed by atoms with Crippen molar-refractivity contribution in [3.63, 3.8) is 0 Å². The highest BCUT2D eigenvalue weighted by atomic mass is 32.2. The lowest BCUT2D eigenvalue weighted by Gasteiger charge is -2.50. The van der Waals surface area contributed by atoms with Gasteiger partial charge in [-0.2, -0.15) is 0 Å². The molecule has 15 atom stereocenters. The van der Waals surface area contributed by atoms with Crippen LogP contribution >= 0.6 is 11.8 Å². The van der Waals surface area contributed by atoms with E-state index in [9.17, 15) is 30.6 Å². The predicted octanol–water partition coefficient (Wildman–Crippen LogP) is 6.48. The van der Waals surface area contributed by atoms with E-state index in [-0.39, 0.29) is 33.0 Å². The number of nitrogens with zero attached hydrogens (tertiary/aromatic N) is 6. The third-order valence-electron chi connectivity index (χ3n) is 11.3. The first kappa shape index (κ1) is 56.8. The minimum atomic E-state index is -1.66. The topological polar surface area (TPSA) is 280 Å². The zero-order valence-corrected chi connectivity index (χ0v) is 40.9. The molecule has 3 heterocycles. The van der Waals surface area contributed by atoms with Crippen LogP contribution in [0.4, 0.5) is 0 Å². The zero-order valence-electron chi connectivity index (χ0n) is 40.1. The third kappa shape index (κ3) is 16.7. The van der Waals surface area contributed by atoms with Crippen LogP contribution in [-0.4, -0.2) is 161 Å². The molecule has 3 saturated heterocycles. The Kier molecular flexibility index (Phi) is 25.7. The van der Waals surface area contributed by atoms with Crippen LogP contribution in [0.2, 0.25) is 0 Å². The molecule has 382 valence electrons. The first-order chi connectivity index (χ1) is 33.0. The number of carbonyl (C=O) groups is 3. The normalized spacial score (nSPS) is 31.4. The summed E-state index contributed by atoms with van der Waals surface area (Å²) in [5.41, 5.74) is 18.7. The number of benzene rings is 1. The van der Waals surface area contributed by atoms with Gasteiger partial charge in [0.2, 0.25) is 0 Å². The molecule has 3 aliphatic rings. The Labute approximate surface area is 402 Å². The van der Waals surface area contributed by atoms with Crippen LogP contribution in [0.5, 0.6) is 0 Å². The number of carbonyl (C=O) groups excluding carboxylic acids is 3. The van der Waals surface area contributed by atoms with E-state index in [0.717, 1.165) is 37.7 Å². The molecule has 0 radical (unpaired) electrons. The van der Waals surface area contributed by atoms with Crippen LogP contribution in [0.15, 0.2) is 45.5 Å². The fraction of sp³-hybridized carbons (Fsp3) is 0.800. The molecule has 0 bridgehead atoms. The van der Waals surface area contributed by atoms with Gasteiger partial charge in [-0.1, -0.05) is 93.6 Å². The van der Waals surface area contributed by atoms with Gasteiger partial charge in [0, 0.05) is 55.0 Å². The second kappa shape index (κ2) is 30.7. The van der Waals surface area contributed by atoms with E-state index in [1.807, 2.05) is 58.0 Å². The summed E-state index contributed by atoms with van der Waals surface area (Å²) in [6, 6.07) is 6.65.